The third-order valence-electron chi connectivity index (χ3n) is 3.17. The summed E-state index contributed by atoms with van der Waals surface area (Å²) in [6.07, 6.45) is 1.08. The quantitative estimate of drug-likeness (QED) is 0.816. The zero-order valence-corrected chi connectivity index (χ0v) is 11.5. The lowest BCUT2D eigenvalue weighted by molar-refractivity contribution is 0.199. The summed E-state index contributed by atoms with van der Waals surface area (Å²) < 4.78 is 19.5. The Morgan fingerprint density at radius 2 is 2.35 bits per heavy atom. The van der Waals surface area contributed by atoms with Gasteiger partial charge in [-0.15, -0.1) is 0 Å². The van der Waals surface area contributed by atoms with E-state index >= 15 is 0 Å². The second-order valence-corrected chi connectivity index (χ2v) is 5.38. The predicted molar refractivity (Wildman–Crippen MR) is 69.7 cm³/mol. The van der Waals surface area contributed by atoms with Crippen molar-refractivity contribution < 1.29 is 9.13 Å². The van der Waals surface area contributed by atoms with E-state index in [0.717, 1.165) is 36.2 Å². The van der Waals surface area contributed by atoms with Crippen LogP contribution in [0, 0.1) is 11.7 Å². The molecule has 2 nitrogen and oxygen atoms in total. The molecule has 1 aromatic carbocycles. The molecule has 0 saturated heterocycles. The summed E-state index contributed by atoms with van der Waals surface area (Å²) in [5.41, 5.74) is 0.845. The van der Waals surface area contributed by atoms with Gasteiger partial charge in [0.1, 0.15) is 5.82 Å². The summed E-state index contributed by atoms with van der Waals surface area (Å²) in [7, 11) is 1.69. The number of rotatable bonds is 6. The minimum Gasteiger partial charge on any atom is -0.383 e. The first-order chi connectivity index (χ1) is 8.22. The summed E-state index contributed by atoms with van der Waals surface area (Å²) >= 11 is 3.39. The maximum atomic E-state index is 13.6. The van der Waals surface area contributed by atoms with E-state index in [2.05, 4.69) is 21.2 Å². The largest absolute Gasteiger partial charge is 0.383 e. The molecule has 0 spiro atoms. The number of benzene rings is 1. The fraction of sp³-hybridized carbons (Fsp3) is 0.538. The van der Waals surface area contributed by atoms with E-state index in [0.29, 0.717) is 11.8 Å². The monoisotopic (exact) mass is 301 g/mol. The molecule has 0 aliphatic heterocycles. The smallest absolute Gasteiger partial charge is 0.126 e. The van der Waals surface area contributed by atoms with Crippen LogP contribution in [0.2, 0.25) is 0 Å². The molecule has 0 radical (unpaired) electrons. The minimum atomic E-state index is -0.0856. The third kappa shape index (κ3) is 3.50. The molecule has 2 atom stereocenters. The Labute approximate surface area is 110 Å². The lowest BCUT2D eigenvalue weighted by Crippen LogP contribution is -2.21. The lowest BCUT2D eigenvalue weighted by atomic mass is 10.1. The standard InChI is InChI=1S/C13H17BrFNO/c1-17-5-4-16-8-9-6-11(9)12-7-10(14)2-3-13(12)15/h2-3,7,9,11,16H,4-6,8H2,1H3. The summed E-state index contributed by atoms with van der Waals surface area (Å²) in [6.45, 7) is 2.53. The number of hydrogen-bond donors (Lipinski definition) is 1. The van der Waals surface area contributed by atoms with Crippen LogP contribution in [0.1, 0.15) is 17.9 Å². The van der Waals surface area contributed by atoms with Crippen molar-refractivity contribution in [2.45, 2.75) is 12.3 Å². The maximum Gasteiger partial charge on any atom is 0.126 e. The van der Waals surface area contributed by atoms with Gasteiger partial charge in [0.25, 0.3) is 0 Å². The third-order valence-corrected chi connectivity index (χ3v) is 3.66. The average Bonchev–Trinajstić information content (AvgIpc) is 3.07. The Kier molecular flexibility index (Phi) is 4.54. The molecule has 0 aromatic heterocycles. The van der Waals surface area contributed by atoms with Crippen LogP contribution in [0.3, 0.4) is 0 Å². The van der Waals surface area contributed by atoms with Crippen LogP contribution in [0.25, 0.3) is 0 Å². The number of methoxy groups -OCH3 is 1. The maximum absolute atomic E-state index is 13.6. The van der Waals surface area contributed by atoms with Crippen molar-refractivity contribution >= 4 is 15.9 Å². The van der Waals surface area contributed by atoms with Gasteiger partial charge < -0.3 is 10.1 Å². The highest BCUT2D eigenvalue weighted by Gasteiger charge is 2.39. The van der Waals surface area contributed by atoms with Crippen molar-refractivity contribution in [2.24, 2.45) is 5.92 Å². The number of halogens is 2. The summed E-state index contributed by atoms with van der Waals surface area (Å²) in [5.74, 6) is 0.857. The Morgan fingerprint density at radius 1 is 1.53 bits per heavy atom. The molecule has 1 aliphatic carbocycles. The molecule has 1 aliphatic rings. The second kappa shape index (κ2) is 5.94. The highest BCUT2D eigenvalue weighted by atomic mass is 79.9. The van der Waals surface area contributed by atoms with Crippen molar-refractivity contribution in [1.29, 1.82) is 0 Å². The van der Waals surface area contributed by atoms with Gasteiger partial charge in [-0.25, -0.2) is 4.39 Å². The van der Waals surface area contributed by atoms with Crippen LogP contribution in [-0.4, -0.2) is 26.8 Å². The van der Waals surface area contributed by atoms with Gasteiger partial charge >= 0.3 is 0 Å². The zero-order chi connectivity index (χ0) is 12.3. The van der Waals surface area contributed by atoms with E-state index in [1.807, 2.05) is 6.07 Å². The molecule has 94 valence electrons. The molecular formula is C13H17BrFNO. The molecule has 17 heavy (non-hydrogen) atoms. The molecule has 1 aromatic rings. The second-order valence-electron chi connectivity index (χ2n) is 4.47. The van der Waals surface area contributed by atoms with E-state index in [4.69, 9.17) is 4.74 Å². The highest BCUT2D eigenvalue weighted by Crippen LogP contribution is 2.48. The van der Waals surface area contributed by atoms with Crippen LogP contribution >= 0.6 is 15.9 Å². The first kappa shape index (κ1) is 13.0. The molecule has 0 amide bonds. The molecule has 2 rings (SSSR count). The average molecular weight is 302 g/mol. The van der Waals surface area contributed by atoms with Crippen molar-refractivity contribution in [3.63, 3.8) is 0 Å². The van der Waals surface area contributed by atoms with Crippen molar-refractivity contribution in [2.75, 3.05) is 26.8 Å². The highest BCUT2D eigenvalue weighted by molar-refractivity contribution is 9.10. The van der Waals surface area contributed by atoms with Gasteiger partial charge in [-0.1, -0.05) is 15.9 Å². The molecule has 0 heterocycles. The molecule has 1 saturated carbocycles. The summed E-state index contributed by atoms with van der Waals surface area (Å²) in [5, 5.41) is 3.32. The van der Waals surface area contributed by atoms with Crippen LogP contribution in [0.5, 0.6) is 0 Å². The normalized spacial score (nSPS) is 22.8. The molecular weight excluding hydrogens is 285 g/mol. The molecule has 1 fully saturated rings. The molecule has 1 N–H and O–H groups in total. The first-order valence-electron chi connectivity index (χ1n) is 5.87. The Morgan fingerprint density at radius 3 is 3.12 bits per heavy atom. The summed E-state index contributed by atoms with van der Waals surface area (Å²) in [4.78, 5) is 0. The molecule has 4 heteroatoms. The Bertz CT molecular complexity index is 386. The molecule has 0 bridgehead atoms. The van der Waals surface area contributed by atoms with E-state index in [9.17, 15) is 4.39 Å². The fourth-order valence-electron chi connectivity index (χ4n) is 2.11. The molecule has 2 unspecified atom stereocenters. The number of nitrogens with one attached hydrogen (secondary N) is 1. The number of ether oxygens (including phenoxy) is 1. The fourth-order valence-corrected chi connectivity index (χ4v) is 2.49. The van der Waals surface area contributed by atoms with E-state index < -0.39 is 0 Å². The van der Waals surface area contributed by atoms with Crippen LogP contribution < -0.4 is 5.32 Å². The Hall–Kier alpha value is -0.450. The van der Waals surface area contributed by atoms with Gasteiger partial charge in [0, 0.05) is 18.1 Å². The van der Waals surface area contributed by atoms with Crippen molar-refractivity contribution in [1.82, 2.24) is 5.32 Å². The first-order valence-corrected chi connectivity index (χ1v) is 6.66. The van der Waals surface area contributed by atoms with Gasteiger partial charge in [-0.2, -0.15) is 0 Å². The Balaban J connectivity index is 1.83. The van der Waals surface area contributed by atoms with Crippen LogP contribution in [0.15, 0.2) is 22.7 Å². The van der Waals surface area contributed by atoms with Crippen molar-refractivity contribution in [3.8, 4) is 0 Å². The van der Waals surface area contributed by atoms with E-state index in [-0.39, 0.29) is 5.82 Å². The van der Waals surface area contributed by atoms with Gasteiger partial charge in [-0.05, 0) is 48.6 Å². The topological polar surface area (TPSA) is 21.3 Å². The van der Waals surface area contributed by atoms with Crippen LogP contribution in [0.4, 0.5) is 4.39 Å². The SMILES string of the molecule is COCCNCC1CC1c1cc(Br)ccc1F. The minimum absolute atomic E-state index is 0.0856. The van der Waals surface area contributed by atoms with Crippen molar-refractivity contribution in [3.05, 3.63) is 34.1 Å². The number of hydrogen-bond acceptors (Lipinski definition) is 2. The van der Waals surface area contributed by atoms with Gasteiger partial charge in [0.2, 0.25) is 0 Å². The van der Waals surface area contributed by atoms with E-state index in [1.165, 1.54) is 6.07 Å². The predicted octanol–water partition coefficient (Wildman–Crippen LogP) is 2.93. The van der Waals surface area contributed by atoms with Gasteiger partial charge in [0.05, 0.1) is 6.61 Å². The van der Waals surface area contributed by atoms with Gasteiger partial charge in [0.15, 0.2) is 0 Å². The van der Waals surface area contributed by atoms with Crippen LogP contribution in [-0.2, 0) is 4.74 Å². The van der Waals surface area contributed by atoms with E-state index in [1.54, 1.807) is 13.2 Å². The van der Waals surface area contributed by atoms with Gasteiger partial charge in [-0.3, -0.25) is 0 Å². The summed E-state index contributed by atoms with van der Waals surface area (Å²) in [6, 6.07) is 5.18. The zero-order valence-electron chi connectivity index (χ0n) is 9.88. The lowest BCUT2D eigenvalue weighted by Gasteiger charge is -2.05.